The van der Waals surface area contributed by atoms with Crippen LogP contribution >= 0.6 is 0 Å². The van der Waals surface area contributed by atoms with Crippen LogP contribution in [0.3, 0.4) is 0 Å². The van der Waals surface area contributed by atoms with Crippen molar-refractivity contribution in [2.24, 2.45) is 0 Å². The number of amides is 1. The molecular weight excluding hydrogens is 336 g/mol. The molecule has 0 radical (unpaired) electrons. The van der Waals surface area contributed by atoms with Crippen LogP contribution < -0.4 is 5.32 Å². The highest BCUT2D eigenvalue weighted by Crippen LogP contribution is 2.27. The van der Waals surface area contributed by atoms with E-state index in [2.05, 4.69) is 5.32 Å². The smallest absolute Gasteiger partial charge is 0.268 e. The number of nitrogens with one attached hydrogen (secondary N) is 1. The molecule has 0 saturated carbocycles. The molecular formula is C19H20N2O3S. The molecule has 2 aromatic carbocycles. The number of carbonyl (C=O) groups excluding carboxylic acids is 1. The van der Waals surface area contributed by atoms with Crippen LogP contribution in [0.5, 0.6) is 0 Å². The Morgan fingerprint density at radius 2 is 1.76 bits per heavy atom. The predicted molar refractivity (Wildman–Crippen MR) is 98.1 cm³/mol. The molecule has 6 heteroatoms. The highest BCUT2D eigenvalue weighted by Gasteiger charge is 2.22. The van der Waals surface area contributed by atoms with Gasteiger partial charge in [0.05, 0.1) is 10.4 Å². The first kappa shape index (κ1) is 17.2. The Kier molecular flexibility index (Phi) is 4.63. The minimum atomic E-state index is -3.69. The summed E-state index contributed by atoms with van der Waals surface area (Å²) in [6.45, 7) is 3.72. The van der Waals surface area contributed by atoms with Gasteiger partial charge in [-0.25, -0.2) is 12.4 Å². The van der Waals surface area contributed by atoms with Crippen LogP contribution in [0.25, 0.3) is 10.9 Å². The van der Waals surface area contributed by atoms with E-state index in [1.165, 1.54) is 10.9 Å². The van der Waals surface area contributed by atoms with Gasteiger partial charge >= 0.3 is 0 Å². The summed E-state index contributed by atoms with van der Waals surface area (Å²) in [5.74, 6) is -0.101. The summed E-state index contributed by atoms with van der Waals surface area (Å²) >= 11 is 0. The number of rotatable bonds is 5. The minimum absolute atomic E-state index is 0.101. The molecule has 0 aliphatic carbocycles. The van der Waals surface area contributed by atoms with Crippen molar-refractivity contribution in [3.05, 3.63) is 65.9 Å². The maximum atomic E-state index is 13.2. The third-order valence-electron chi connectivity index (χ3n) is 4.16. The highest BCUT2D eigenvalue weighted by molar-refractivity contribution is 7.90. The van der Waals surface area contributed by atoms with Crippen LogP contribution in [0.15, 0.2) is 59.6 Å². The van der Waals surface area contributed by atoms with E-state index in [0.29, 0.717) is 28.9 Å². The van der Waals surface area contributed by atoms with Gasteiger partial charge in [0.15, 0.2) is 0 Å². The van der Waals surface area contributed by atoms with Crippen LogP contribution in [0, 0.1) is 6.92 Å². The normalized spacial score (nSPS) is 11.6. The molecule has 0 aliphatic heterocycles. The zero-order chi connectivity index (χ0) is 18.0. The molecule has 5 nitrogen and oxygen atoms in total. The van der Waals surface area contributed by atoms with Crippen molar-refractivity contribution in [2.75, 3.05) is 6.54 Å². The average molecular weight is 356 g/mol. The van der Waals surface area contributed by atoms with Crippen LogP contribution in [-0.4, -0.2) is 24.8 Å². The lowest BCUT2D eigenvalue weighted by atomic mass is 10.1. The quantitative estimate of drug-likeness (QED) is 0.764. The third kappa shape index (κ3) is 3.30. The first-order chi connectivity index (χ1) is 11.9. The van der Waals surface area contributed by atoms with Gasteiger partial charge in [0.2, 0.25) is 5.91 Å². The SMILES string of the molecule is CC(=O)NCCc1cn(S(=O)(=O)c2ccccc2C)c2ccccc12. The molecule has 0 bridgehead atoms. The van der Waals surface area contributed by atoms with Crippen molar-refractivity contribution in [3.63, 3.8) is 0 Å². The van der Waals surface area contributed by atoms with Gasteiger partial charge in [0.25, 0.3) is 10.0 Å². The number of fused-ring (bicyclic) bond motifs is 1. The van der Waals surface area contributed by atoms with Gasteiger partial charge in [0, 0.05) is 25.1 Å². The minimum Gasteiger partial charge on any atom is -0.356 e. The summed E-state index contributed by atoms with van der Waals surface area (Å²) in [6.07, 6.45) is 2.23. The number of para-hydroxylation sites is 1. The standard InChI is InChI=1S/C19H20N2O3S/c1-14-7-3-6-10-19(14)25(23,24)21-13-16(11-12-20-15(2)22)17-8-4-5-9-18(17)21/h3-10,13H,11-12H2,1-2H3,(H,20,22). The first-order valence-corrected chi connectivity index (χ1v) is 9.50. The summed E-state index contributed by atoms with van der Waals surface area (Å²) in [4.78, 5) is 11.4. The molecule has 1 N–H and O–H groups in total. The molecule has 1 aromatic heterocycles. The molecule has 130 valence electrons. The lowest BCUT2D eigenvalue weighted by Crippen LogP contribution is -2.22. The van der Waals surface area contributed by atoms with Crippen LogP contribution in [0.2, 0.25) is 0 Å². The molecule has 0 unspecified atom stereocenters. The van der Waals surface area contributed by atoms with Gasteiger partial charge in [-0.3, -0.25) is 4.79 Å². The van der Waals surface area contributed by atoms with Gasteiger partial charge in [-0.2, -0.15) is 0 Å². The van der Waals surface area contributed by atoms with E-state index in [1.807, 2.05) is 24.3 Å². The van der Waals surface area contributed by atoms with Crippen LogP contribution in [0.1, 0.15) is 18.1 Å². The number of hydrogen-bond donors (Lipinski definition) is 1. The monoisotopic (exact) mass is 356 g/mol. The molecule has 0 saturated heterocycles. The summed E-state index contributed by atoms with van der Waals surface area (Å²) in [7, 11) is -3.69. The lowest BCUT2D eigenvalue weighted by molar-refractivity contribution is -0.118. The van der Waals surface area contributed by atoms with E-state index in [0.717, 1.165) is 10.9 Å². The van der Waals surface area contributed by atoms with Crippen molar-refractivity contribution >= 4 is 26.8 Å². The van der Waals surface area contributed by atoms with Crippen molar-refractivity contribution < 1.29 is 13.2 Å². The molecule has 25 heavy (non-hydrogen) atoms. The Labute approximate surface area is 147 Å². The van der Waals surface area contributed by atoms with E-state index in [1.54, 1.807) is 37.4 Å². The topological polar surface area (TPSA) is 68.2 Å². The zero-order valence-corrected chi connectivity index (χ0v) is 15.0. The number of carbonyl (C=O) groups is 1. The average Bonchev–Trinajstić information content (AvgIpc) is 2.95. The van der Waals surface area contributed by atoms with Gasteiger partial charge in [0.1, 0.15) is 0 Å². The van der Waals surface area contributed by atoms with Gasteiger partial charge in [-0.1, -0.05) is 36.4 Å². The summed E-state index contributed by atoms with van der Waals surface area (Å²) in [6, 6.07) is 14.4. The number of aromatic nitrogens is 1. The Morgan fingerprint density at radius 3 is 2.48 bits per heavy atom. The number of hydrogen-bond acceptors (Lipinski definition) is 3. The number of benzene rings is 2. The zero-order valence-electron chi connectivity index (χ0n) is 14.2. The van der Waals surface area contributed by atoms with Crippen molar-refractivity contribution in [3.8, 4) is 0 Å². The van der Waals surface area contributed by atoms with Gasteiger partial charge < -0.3 is 5.32 Å². The second-order valence-corrected chi connectivity index (χ2v) is 7.75. The number of aryl methyl sites for hydroxylation is 1. The second kappa shape index (κ2) is 6.72. The third-order valence-corrected chi connectivity index (χ3v) is 5.99. The fourth-order valence-electron chi connectivity index (χ4n) is 2.94. The molecule has 3 aromatic rings. The van der Waals surface area contributed by atoms with Gasteiger partial charge in [-0.15, -0.1) is 0 Å². The molecule has 1 heterocycles. The number of nitrogens with zero attached hydrogens (tertiary/aromatic N) is 1. The highest BCUT2D eigenvalue weighted by atomic mass is 32.2. The second-order valence-electron chi connectivity index (χ2n) is 5.97. The maximum absolute atomic E-state index is 13.2. The molecule has 0 aliphatic rings. The van der Waals surface area contributed by atoms with Crippen molar-refractivity contribution in [2.45, 2.75) is 25.2 Å². The van der Waals surface area contributed by atoms with Crippen molar-refractivity contribution in [1.82, 2.24) is 9.29 Å². The van der Waals surface area contributed by atoms with E-state index < -0.39 is 10.0 Å². The summed E-state index contributed by atoms with van der Waals surface area (Å²) in [5.41, 5.74) is 2.24. The van der Waals surface area contributed by atoms with E-state index >= 15 is 0 Å². The van der Waals surface area contributed by atoms with Crippen LogP contribution in [-0.2, 0) is 21.2 Å². The molecule has 0 atom stereocenters. The Balaban J connectivity index is 2.11. The largest absolute Gasteiger partial charge is 0.356 e. The molecule has 1 amide bonds. The maximum Gasteiger partial charge on any atom is 0.268 e. The lowest BCUT2D eigenvalue weighted by Gasteiger charge is -2.09. The fraction of sp³-hybridized carbons (Fsp3) is 0.211. The Hall–Kier alpha value is -2.60. The van der Waals surface area contributed by atoms with E-state index in [9.17, 15) is 13.2 Å². The molecule has 3 rings (SSSR count). The van der Waals surface area contributed by atoms with E-state index in [4.69, 9.17) is 0 Å². The molecule has 0 fully saturated rings. The Morgan fingerprint density at radius 1 is 1.08 bits per heavy atom. The van der Waals surface area contributed by atoms with Crippen LogP contribution in [0.4, 0.5) is 0 Å². The summed E-state index contributed by atoms with van der Waals surface area (Å²) < 4.78 is 27.7. The predicted octanol–water partition coefficient (Wildman–Crippen LogP) is 2.87. The van der Waals surface area contributed by atoms with Gasteiger partial charge in [-0.05, 0) is 36.6 Å². The van der Waals surface area contributed by atoms with E-state index in [-0.39, 0.29) is 5.91 Å². The Bertz CT molecular complexity index is 1040. The summed E-state index contributed by atoms with van der Waals surface area (Å²) in [5, 5.41) is 3.63. The molecule has 0 spiro atoms. The first-order valence-electron chi connectivity index (χ1n) is 8.06. The fourth-order valence-corrected chi connectivity index (χ4v) is 4.56. The van der Waals surface area contributed by atoms with Crippen molar-refractivity contribution in [1.29, 1.82) is 0 Å².